The molecule has 0 aliphatic heterocycles. The summed E-state index contributed by atoms with van der Waals surface area (Å²) < 4.78 is 0. The van der Waals surface area contributed by atoms with Crippen LogP contribution in [0.5, 0.6) is 0 Å². The normalized spacial score (nSPS) is 22.2. The average molecular weight is 195 g/mol. The number of Topliss-reactive ketones (excluding diaryl/α,β-unsaturated/α-hetero) is 1. The predicted octanol–water partition coefficient (Wildman–Crippen LogP) is 3.18. The molecule has 0 spiro atoms. The number of halogens is 1. The van der Waals surface area contributed by atoms with Gasteiger partial charge in [0, 0.05) is 17.4 Å². The van der Waals surface area contributed by atoms with E-state index in [0.29, 0.717) is 5.78 Å². The van der Waals surface area contributed by atoms with E-state index in [0.717, 1.165) is 29.8 Å². The number of hydrogen-bond acceptors (Lipinski definition) is 1. The molecule has 0 bridgehead atoms. The van der Waals surface area contributed by atoms with E-state index in [1.807, 2.05) is 24.3 Å². The largest absolute Gasteiger partial charge is 0.299 e. The maximum atomic E-state index is 11.4. The lowest BCUT2D eigenvalue weighted by Gasteiger charge is -2.07. The Hall–Kier alpha value is -0.820. The van der Waals surface area contributed by atoms with Gasteiger partial charge in [-0.15, -0.1) is 0 Å². The highest BCUT2D eigenvalue weighted by molar-refractivity contribution is 6.30. The number of benzene rings is 1. The van der Waals surface area contributed by atoms with Gasteiger partial charge in [0.1, 0.15) is 5.78 Å². The molecule has 1 aliphatic carbocycles. The van der Waals surface area contributed by atoms with Crippen molar-refractivity contribution < 1.29 is 4.79 Å². The first kappa shape index (κ1) is 8.76. The monoisotopic (exact) mass is 194 g/mol. The molecule has 1 aromatic carbocycles. The molecule has 1 saturated carbocycles. The minimum absolute atomic E-state index is 0.110. The predicted molar refractivity (Wildman–Crippen MR) is 53.1 cm³/mol. The van der Waals surface area contributed by atoms with Gasteiger partial charge in [0.15, 0.2) is 0 Å². The Morgan fingerprint density at radius 3 is 2.85 bits per heavy atom. The maximum absolute atomic E-state index is 11.4. The van der Waals surface area contributed by atoms with Crippen molar-refractivity contribution >= 4 is 17.4 Å². The third-order valence-electron chi connectivity index (χ3n) is 2.56. The van der Waals surface area contributed by atoms with Gasteiger partial charge in [-0.05, 0) is 30.5 Å². The van der Waals surface area contributed by atoms with E-state index in [1.54, 1.807) is 0 Å². The van der Waals surface area contributed by atoms with Gasteiger partial charge < -0.3 is 0 Å². The zero-order valence-corrected chi connectivity index (χ0v) is 8.05. The minimum Gasteiger partial charge on any atom is -0.299 e. The summed E-state index contributed by atoms with van der Waals surface area (Å²) in [6, 6.07) is 7.63. The van der Waals surface area contributed by atoms with E-state index in [1.165, 1.54) is 0 Å². The van der Waals surface area contributed by atoms with Crippen molar-refractivity contribution in [1.82, 2.24) is 0 Å². The molecule has 13 heavy (non-hydrogen) atoms. The zero-order valence-electron chi connectivity index (χ0n) is 7.29. The van der Waals surface area contributed by atoms with Crippen molar-refractivity contribution in [3.8, 4) is 0 Å². The van der Waals surface area contributed by atoms with Gasteiger partial charge in [0.05, 0.1) is 0 Å². The lowest BCUT2D eigenvalue weighted by atomic mass is 9.97. The van der Waals surface area contributed by atoms with Crippen LogP contribution < -0.4 is 0 Å². The SMILES string of the molecule is O=C1CCCC1c1cccc(Cl)c1. The fraction of sp³-hybridized carbons (Fsp3) is 0.364. The summed E-state index contributed by atoms with van der Waals surface area (Å²) in [6.07, 6.45) is 2.74. The van der Waals surface area contributed by atoms with Crippen molar-refractivity contribution in [2.45, 2.75) is 25.2 Å². The Balaban J connectivity index is 2.29. The van der Waals surface area contributed by atoms with Crippen LogP contribution in [0.4, 0.5) is 0 Å². The standard InChI is InChI=1S/C11H11ClO/c12-9-4-1-3-8(7-9)10-5-2-6-11(10)13/h1,3-4,7,10H,2,5-6H2. The van der Waals surface area contributed by atoms with Gasteiger partial charge in [0.2, 0.25) is 0 Å². The summed E-state index contributed by atoms with van der Waals surface area (Å²) in [6.45, 7) is 0. The molecule has 2 heteroatoms. The van der Waals surface area contributed by atoms with E-state index in [4.69, 9.17) is 11.6 Å². The Labute approximate surface area is 82.7 Å². The van der Waals surface area contributed by atoms with Crippen LogP contribution in [0.25, 0.3) is 0 Å². The van der Waals surface area contributed by atoms with E-state index in [2.05, 4.69) is 0 Å². The number of carbonyl (C=O) groups is 1. The molecule has 1 fully saturated rings. The van der Waals surface area contributed by atoms with Crippen LogP contribution in [-0.4, -0.2) is 5.78 Å². The summed E-state index contributed by atoms with van der Waals surface area (Å²) in [7, 11) is 0. The van der Waals surface area contributed by atoms with E-state index >= 15 is 0 Å². The fourth-order valence-corrected chi connectivity index (χ4v) is 2.09. The molecule has 0 heterocycles. The quantitative estimate of drug-likeness (QED) is 0.671. The fourth-order valence-electron chi connectivity index (χ4n) is 1.89. The summed E-state index contributed by atoms with van der Waals surface area (Å²) >= 11 is 5.86. The number of ketones is 1. The first-order valence-electron chi connectivity index (χ1n) is 4.55. The van der Waals surface area contributed by atoms with Gasteiger partial charge >= 0.3 is 0 Å². The molecule has 0 radical (unpaired) electrons. The molecule has 0 aromatic heterocycles. The second-order valence-corrected chi connectivity index (χ2v) is 3.90. The second kappa shape index (κ2) is 3.51. The first-order valence-corrected chi connectivity index (χ1v) is 4.93. The molecule has 0 amide bonds. The molecular formula is C11H11ClO. The Morgan fingerprint density at radius 1 is 1.38 bits per heavy atom. The molecule has 2 rings (SSSR count). The van der Waals surface area contributed by atoms with E-state index < -0.39 is 0 Å². The molecule has 68 valence electrons. The summed E-state index contributed by atoms with van der Waals surface area (Å²) in [5, 5.41) is 0.720. The molecule has 1 nitrogen and oxygen atoms in total. The lowest BCUT2D eigenvalue weighted by Crippen LogP contribution is -2.03. The Kier molecular flexibility index (Phi) is 2.36. The first-order chi connectivity index (χ1) is 6.27. The molecule has 1 aromatic rings. The van der Waals surface area contributed by atoms with Crippen LogP contribution in [0, 0.1) is 0 Å². The second-order valence-electron chi connectivity index (χ2n) is 3.47. The van der Waals surface area contributed by atoms with Crippen LogP contribution in [0.1, 0.15) is 30.7 Å². The van der Waals surface area contributed by atoms with Crippen molar-refractivity contribution in [2.24, 2.45) is 0 Å². The average Bonchev–Trinajstić information content (AvgIpc) is 2.51. The molecule has 0 saturated heterocycles. The Bertz CT molecular complexity index is 333. The zero-order chi connectivity index (χ0) is 9.26. The molecule has 1 atom stereocenters. The summed E-state index contributed by atoms with van der Waals surface area (Å²) in [5.74, 6) is 0.473. The maximum Gasteiger partial charge on any atom is 0.140 e. The van der Waals surface area contributed by atoms with Crippen LogP contribution in [0.15, 0.2) is 24.3 Å². The minimum atomic E-state index is 0.110. The van der Waals surface area contributed by atoms with Gasteiger partial charge in [-0.3, -0.25) is 4.79 Å². The lowest BCUT2D eigenvalue weighted by molar-refractivity contribution is -0.118. The van der Waals surface area contributed by atoms with Crippen molar-refractivity contribution in [3.63, 3.8) is 0 Å². The smallest absolute Gasteiger partial charge is 0.140 e. The van der Waals surface area contributed by atoms with Gasteiger partial charge in [-0.25, -0.2) is 0 Å². The highest BCUT2D eigenvalue weighted by Gasteiger charge is 2.25. The number of hydrogen-bond donors (Lipinski definition) is 0. The molecule has 1 aliphatic rings. The van der Waals surface area contributed by atoms with E-state index in [9.17, 15) is 4.79 Å². The van der Waals surface area contributed by atoms with Crippen molar-refractivity contribution in [3.05, 3.63) is 34.9 Å². The van der Waals surface area contributed by atoms with Crippen molar-refractivity contribution in [1.29, 1.82) is 0 Å². The van der Waals surface area contributed by atoms with Gasteiger partial charge in [-0.1, -0.05) is 23.7 Å². The summed E-state index contributed by atoms with van der Waals surface area (Å²) in [5.41, 5.74) is 1.08. The number of carbonyl (C=O) groups excluding carboxylic acids is 1. The Morgan fingerprint density at radius 2 is 2.23 bits per heavy atom. The number of rotatable bonds is 1. The van der Waals surface area contributed by atoms with E-state index in [-0.39, 0.29) is 5.92 Å². The van der Waals surface area contributed by atoms with Crippen LogP contribution in [-0.2, 0) is 4.79 Å². The third kappa shape index (κ3) is 1.75. The van der Waals surface area contributed by atoms with Gasteiger partial charge in [0.25, 0.3) is 0 Å². The molecule has 1 unspecified atom stereocenters. The summed E-state index contributed by atoms with van der Waals surface area (Å²) in [4.78, 5) is 11.4. The molecule has 0 N–H and O–H groups in total. The highest BCUT2D eigenvalue weighted by Crippen LogP contribution is 2.31. The topological polar surface area (TPSA) is 17.1 Å². The van der Waals surface area contributed by atoms with Crippen LogP contribution in [0.3, 0.4) is 0 Å². The van der Waals surface area contributed by atoms with Crippen LogP contribution >= 0.6 is 11.6 Å². The third-order valence-corrected chi connectivity index (χ3v) is 2.79. The van der Waals surface area contributed by atoms with Crippen molar-refractivity contribution in [2.75, 3.05) is 0 Å². The van der Waals surface area contributed by atoms with Crippen LogP contribution in [0.2, 0.25) is 5.02 Å². The molecular weight excluding hydrogens is 184 g/mol. The van der Waals surface area contributed by atoms with Gasteiger partial charge in [-0.2, -0.15) is 0 Å². The highest BCUT2D eigenvalue weighted by atomic mass is 35.5.